The summed E-state index contributed by atoms with van der Waals surface area (Å²) in [5.41, 5.74) is 0. The van der Waals surface area contributed by atoms with Crippen LogP contribution >= 0.6 is 0 Å². The topological polar surface area (TPSA) is 83.5 Å². The zero-order valence-electron chi connectivity index (χ0n) is 12.2. The molecule has 0 amide bonds. The Balaban J connectivity index is -0.00000128. The molecule has 0 atom stereocenters. The van der Waals surface area contributed by atoms with Crippen LogP contribution in [0.15, 0.2) is 12.2 Å². The number of hydrogen-bond donors (Lipinski definition) is 0. The van der Waals surface area contributed by atoms with Gasteiger partial charge in [-0.25, -0.2) is 0 Å². The summed E-state index contributed by atoms with van der Waals surface area (Å²) in [4.78, 5) is 22.0. The van der Waals surface area contributed by atoms with Gasteiger partial charge in [0.25, 0.3) is 0 Å². The van der Waals surface area contributed by atoms with E-state index >= 15 is 0 Å². The number of allylic oxidation sites excluding steroid dienone is 1. The Kier molecular flexibility index (Phi) is 24.4. The van der Waals surface area contributed by atoms with Crippen molar-refractivity contribution in [1.29, 1.82) is 0 Å². The molecule has 0 unspecified atom stereocenters. The summed E-state index contributed by atoms with van der Waals surface area (Å²) in [5.74, 6) is -2.55. The maximum Gasteiger partial charge on any atom is 1.00 e. The van der Waals surface area contributed by atoms with Gasteiger partial charge in [-0.05, 0) is 12.8 Å². The van der Waals surface area contributed by atoms with Crippen molar-refractivity contribution in [2.45, 2.75) is 32.6 Å². The fourth-order valence-electron chi connectivity index (χ4n) is 1.39. The molecule has 0 rings (SSSR count). The Morgan fingerprint density at radius 3 is 1.89 bits per heavy atom. The number of carboxylic acid groups (broad SMARTS) is 2. The number of carboxylic acids is 2. The molecule has 0 saturated heterocycles. The monoisotopic (exact) mass is 319 g/mol. The zero-order valence-corrected chi connectivity index (χ0v) is 18.4. The summed E-state index contributed by atoms with van der Waals surface area (Å²) in [7, 11) is 0. The van der Waals surface area contributed by atoms with Gasteiger partial charge in [0, 0.05) is 19.6 Å². The number of carbonyl (C=O) groups excluding carboxylic acids is 2. The number of hydrogen-bond acceptors (Lipinski definition) is 5. The van der Waals surface area contributed by atoms with Gasteiger partial charge in [-0.3, -0.25) is 4.90 Å². The fourth-order valence-corrected chi connectivity index (χ4v) is 1.39. The van der Waals surface area contributed by atoms with Gasteiger partial charge in [0.1, 0.15) is 0 Å². The quantitative estimate of drug-likeness (QED) is 0.227. The van der Waals surface area contributed by atoms with Crippen molar-refractivity contribution in [3.63, 3.8) is 0 Å². The van der Waals surface area contributed by atoms with E-state index in [-0.39, 0.29) is 116 Å². The predicted molar refractivity (Wildman–Crippen MR) is 59.7 cm³/mol. The van der Waals surface area contributed by atoms with Gasteiger partial charge in [-0.15, -0.1) is 0 Å². The molecule has 0 radical (unpaired) electrons. The summed E-state index contributed by atoms with van der Waals surface area (Å²) >= 11 is 0. The zero-order chi connectivity index (χ0) is 13.1. The van der Waals surface area contributed by atoms with E-state index < -0.39 is 11.9 Å². The van der Waals surface area contributed by atoms with Crippen LogP contribution in [0, 0.1) is 0 Å². The second-order valence-electron chi connectivity index (χ2n) is 3.86. The van der Waals surface area contributed by atoms with E-state index in [9.17, 15) is 19.8 Å². The molecule has 0 aliphatic heterocycles. The third-order valence-electron chi connectivity index (χ3n) is 2.21. The summed E-state index contributed by atoms with van der Waals surface area (Å²) in [5, 5.41) is 20.8. The SMILES string of the molecule is CCCC/C=C/CCN(CC(=O)[O-])CC(=O)[O-].[K+].[K+]. The molecule has 0 heterocycles. The fraction of sp³-hybridized carbons (Fsp3) is 0.667. The number of nitrogens with zero attached hydrogens (tertiary/aromatic N) is 1. The van der Waals surface area contributed by atoms with Crippen LogP contribution in [-0.4, -0.2) is 36.5 Å². The summed E-state index contributed by atoms with van der Waals surface area (Å²) in [6.07, 6.45) is 7.85. The Labute approximate surface area is 200 Å². The van der Waals surface area contributed by atoms with Crippen molar-refractivity contribution in [1.82, 2.24) is 4.90 Å². The van der Waals surface area contributed by atoms with Gasteiger partial charge < -0.3 is 19.8 Å². The number of aliphatic carboxylic acids is 2. The maximum atomic E-state index is 10.4. The standard InChI is InChI=1S/C12H21NO4.2K/c1-2-3-4-5-6-7-8-13(9-11(14)15)10-12(16)17;;/h5-6H,2-4,7-10H2,1H3,(H,14,15)(H,16,17);;/q;2*+1/p-2/b6-5+;;. The molecule has 0 aliphatic carbocycles. The molecular weight excluding hydrogens is 300 g/mol. The first-order chi connectivity index (χ1) is 8.06. The largest absolute Gasteiger partial charge is 1.00 e. The van der Waals surface area contributed by atoms with E-state index in [0.29, 0.717) is 13.0 Å². The van der Waals surface area contributed by atoms with Gasteiger partial charge in [-0.1, -0.05) is 31.9 Å². The molecule has 19 heavy (non-hydrogen) atoms. The third-order valence-corrected chi connectivity index (χ3v) is 2.21. The Bertz CT molecular complexity index is 256. The smallest absolute Gasteiger partial charge is 0.549 e. The summed E-state index contributed by atoms with van der Waals surface area (Å²) < 4.78 is 0. The maximum absolute atomic E-state index is 10.4. The van der Waals surface area contributed by atoms with E-state index in [4.69, 9.17) is 0 Å². The van der Waals surface area contributed by atoms with Crippen molar-refractivity contribution in [3.8, 4) is 0 Å². The summed E-state index contributed by atoms with van der Waals surface area (Å²) in [6, 6.07) is 0. The molecule has 0 aromatic carbocycles. The van der Waals surface area contributed by atoms with Crippen LogP contribution in [0.1, 0.15) is 32.6 Å². The van der Waals surface area contributed by atoms with Crippen LogP contribution in [0.3, 0.4) is 0 Å². The number of unbranched alkanes of at least 4 members (excludes halogenated alkanes) is 2. The minimum atomic E-state index is -1.28. The van der Waals surface area contributed by atoms with E-state index in [1.807, 2.05) is 12.2 Å². The number of carbonyl (C=O) groups is 2. The normalized spacial score (nSPS) is 10.0. The first-order valence-electron chi connectivity index (χ1n) is 5.83. The van der Waals surface area contributed by atoms with Crippen LogP contribution in [0.2, 0.25) is 0 Å². The van der Waals surface area contributed by atoms with Gasteiger partial charge in [0.15, 0.2) is 0 Å². The molecule has 0 saturated carbocycles. The predicted octanol–water partition coefficient (Wildman–Crippen LogP) is -7.07. The molecule has 98 valence electrons. The second kappa shape index (κ2) is 18.0. The van der Waals surface area contributed by atoms with Gasteiger partial charge >= 0.3 is 103 Å². The Hall–Kier alpha value is 1.91. The molecule has 0 aromatic rings. The minimum Gasteiger partial charge on any atom is -0.549 e. The average molecular weight is 319 g/mol. The average Bonchev–Trinajstić information content (AvgIpc) is 2.21. The molecule has 7 heteroatoms. The molecular formula is C12H19K2NO4. The van der Waals surface area contributed by atoms with E-state index in [1.165, 1.54) is 4.90 Å². The Morgan fingerprint density at radius 1 is 1.00 bits per heavy atom. The van der Waals surface area contributed by atoms with E-state index in [0.717, 1.165) is 19.3 Å². The summed E-state index contributed by atoms with van der Waals surface area (Å²) in [6.45, 7) is 1.73. The van der Waals surface area contributed by atoms with E-state index in [2.05, 4.69) is 6.92 Å². The van der Waals surface area contributed by atoms with Crippen LogP contribution in [0.25, 0.3) is 0 Å². The minimum absolute atomic E-state index is 0. The van der Waals surface area contributed by atoms with Crippen molar-refractivity contribution < 1.29 is 123 Å². The molecule has 0 N–H and O–H groups in total. The first-order valence-corrected chi connectivity index (χ1v) is 5.83. The van der Waals surface area contributed by atoms with Gasteiger partial charge in [-0.2, -0.15) is 0 Å². The second-order valence-corrected chi connectivity index (χ2v) is 3.86. The molecule has 0 aliphatic rings. The van der Waals surface area contributed by atoms with Crippen molar-refractivity contribution >= 4 is 11.9 Å². The van der Waals surface area contributed by atoms with Crippen molar-refractivity contribution in [2.24, 2.45) is 0 Å². The molecule has 0 aromatic heterocycles. The first kappa shape index (κ1) is 25.8. The van der Waals surface area contributed by atoms with Crippen molar-refractivity contribution in [3.05, 3.63) is 12.2 Å². The van der Waals surface area contributed by atoms with Gasteiger partial charge in [0.2, 0.25) is 0 Å². The Morgan fingerprint density at radius 2 is 1.47 bits per heavy atom. The van der Waals surface area contributed by atoms with Crippen LogP contribution in [0.5, 0.6) is 0 Å². The molecule has 0 fully saturated rings. The molecule has 0 spiro atoms. The molecule has 5 nitrogen and oxygen atoms in total. The molecule has 0 bridgehead atoms. The third kappa shape index (κ3) is 19.9. The van der Waals surface area contributed by atoms with Crippen molar-refractivity contribution in [2.75, 3.05) is 19.6 Å². The number of rotatable bonds is 10. The van der Waals surface area contributed by atoms with Crippen LogP contribution in [-0.2, 0) is 9.59 Å². The van der Waals surface area contributed by atoms with Crippen LogP contribution < -0.4 is 113 Å². The van der Waals surface area contributed by atoms with Crippen LogP contribution in [0.4, 0.5) is 0 Å². The van der Waals surface area contributed by atoms with Gasteiger partial charge in [0.05, 0.1) is 11.9 Å². The van der Waals surface area contributed by atoms with E-state index in [1.54, 1.807) is 0 Å².